The molecule has 10 heteroatoms. The highest BCUT2D eigenvalue weighted by molar-refractivity contribution is 7.76. The smallest absolute Gasteiger partial charge is 0.303 e. The van der Waals surface area contributed by atoms with Crippen molar-refractivity contribution >= 4 is 34.2 Å². The lowest BCUT2D eigenvalue weighted by Crippen LogP contribution is -2.27. The van der Waals surface area contributed by atoms with E-state index >= 15 is 0 Å². The molecule has 1 aromatic carbocycles. The van der Waals surface area contributed by atoms with Crippen LogP contribution in [0.2, 0.25) is 0 Å². The first-order valence-electron chi connectivity index (χ1n) is 12.0. The molecule has 1 aliphatic carbocycles. The zero-order chi connectivity index (χ0) is 26.0. The first-order chi connectivity index (χ1) is 17.2. The monoisotopic (exact) mass is 513 g/mol. The molecule has 1 fully saturated rings. The SMILES string of the molecule is CNC(=O)c1c(-c2ccc(C)c(C)c2)oc2nc(CN(CCCCC(=O)O)S(=O)O)c(C3CC3)cc12. The van der Waals surface area contributed by atoms with Gasteiger partial charge in [0.25, 0.3) is 5.91 Å². The van der Waals surface area contributed by atoms with E-state index in [1.807, 2.05) is 38.1 Å². The second-order valence-corrected chi connectivity index (χ2v) is 10.3. The highest BCUT2D eigenvalue weighted by Gasteiger charge is 2.31. The molecule has 3 N–H and O–H groups in total. The summed E-state index contributed by atoms with van der Waals surface area (Å²) in [5.41, 5.74) is 5.29. The predicted octanol–water partition coefficient (Wildman–Crippen LogP) is 4.54. The minimum Gasteiger partial charge on any atom is -0.481 e. The Morgan fingerprint density at radius 2 is 1.94 bits per heavy atom. The highest BCUT2D eigenvalue weighted by atomic mass is 32.2. The third kappa shape index (κ3) is 5.66. The van der Waals surface area contributed by atoms with Crippen molar-refractivity contribution in [2.75, 3.05) is 13.6 Å². The fourth-order valence-corrected chi connectivity index (χ4v) is 4.85. The number of hydrogen-bond acceptors (Lipinski definition) is 5. The van der Waals surface area contributed by atoms with Gasteiger partial charge in [-0.3, -0.25) is 14.1 Å². The van der Waals surface area contributed by atoms with Crippen molar-refractivity contribution in [1.82, 2.24) is 14.6 Å². The number of nitrogens with zero attached hydrogens (tertiary/aromatic N) is 2. The molecule has 192 valence electrons. The molecule has 1 atom stereocenters. The third-order valence-electron chi connectivity index (χ3n) is 6.63. The predicted molar refractivity (Wildman–Crippen MR) is 137 cm³/mol. The molecule has 36 heavy (non-hydrogen) atoms. The van der Waals surface area contributed by atoms with Gasteiger partial charge in [-0.2, -0.15) is 4.31 Å². The number of benzene rings is 1. The number of aromatic nitrogens is 1. The number of nitrogens with one attached hydrogen (secondary N) is 1. The van der Waals surface area contributed by atoms with Crippen LogP contribution in [-0.2, 0) is 22.6 Å². The van der Waals surface area contributed by atoms with Gasteiger partial charge in [-0.25, -0.2) is 9.19 Å². The van der Waals surface area contributed by atoms with Crippen LogP contribution >= 0.6 is 0 Å². The van der Waals surface area contributed by atoms with E-state index in [2.05, 4.69) is 5.32 Å². The van der Waals surface area contributed by atoms with E-state index in [4.69, 9.17) is 14.5 Å². The van der Waals surface area contributed by atoms with Crippen molar-refractivity contribution in [2.24, 2.45) is 0 Å². The van der Waals surface area contributed by atoms with E-state index in [9.17, 15) is 18.4 Å². The molecule has 1 aliphatic rings. The fraction of sp³-hybridized carbons (Fsp3) is 0.423. The summed E-state index contributed by atoms with van der Waals surface area (Å²) in [4.78, 5) is 28.5. The molecule has 0 aliphatic heterocycles. The number of unbranched alkanes of at least 4 members (excludes halogenated alkanes) is 1. The Labute approximate surface area is 212 Å². The molecule has 0 saturated heterocycles. The molecule has 3 aromatic rings. The molecule has 1 saturated carbocycles. The summed E-state index contributed by atoms with van der Waals surface area (Å²) >= 11 is -2.24. The largest absolute Gasteiger partial charge is 0.481 e. The minimum absolute atomic E-state index is 0.0133. The number of carboxylic acids is 1. The van der Waals surface area contributed by atoms with Crippen LogP contribution < -0.4 is 5.32 Å². The molecule has 4 rings (SSSR count). The molecule has 0 spiro atoms. The summed E-state index contributed by atoms with van der Waals surface area (Å²) < 4.78 is 29.4. The fourth-order valence-electron chi connectivity index (χ4n) is 4.33. The number of carbonyl (C=O) groups excluding carboxylic acids is 1. The van der Waals surface area contributed by atoms with Crippen LogP contribution in [-0.4, -0.2) is 48.6 Å². The Morgan fingerprint density at radius 1 is 1.19 bits per heavy atom. The number of hydrogen-bond donors (Lipinski definition) is 3. The van der Waals surface area contributed by atoms with Gasteiger partial charge in [0.05, 0.1) is 23.2 Å². The van der Waals surface area contributed by atoms with Gasteiger partial charge in [-0.15, -0.1) is 0 Å². The second kappa shape index (κ2) is 10.9. The Morgan fingerprint density at radius 3 is 2.56 bits per heavy atom. The average molecular weight is 514 g/mol. The van der Waals surface area contributed by atoms with Gasteiger partial charge < -0.3 is 14.8 Å². The molecular weight excluding hydrogens is 482 g/mol. The normalized spacial score (nSPS) is 14.4. The number of aliphatic carboxylic acids is 1. The van der Waals surface area contributed by atoms with E-state index in [0.29, 0.717) is 41.0 Å². The van der Waals surface area contributed by atoms with Gasteiger partial charge in [-0.1, -0.05) is 12.1 Å². The Kier molecular flexibility index (Phi) is 7.87. The first-order valence-corrected chi connectivity index (χ1v) is 13.1. The summed E-state index contributed by atoms with van der Waals surface area (Å²) in [7, 11) is 1.58. The van der Waals surface area contributed by atoms with E-state index < -0.39 is 17.2 Å². The summed E-state index contributed by atoms with van der Waals surface area (Å²) in [6, 6.07) is 7.83. The van der Waals surface area contributed by atoms with Crippen molar-refractivity contribution in [2.45, 2.75) is 58.4 Å². The van der Waals surface area contributed by atoms with Crippen LogP contribution in [0.3, 0.4) is 0 Å². The van der Waals surface area contributed by atoms with E-state index in [-0.39, 0.29) is 31.3 Å². The number of pyridine rings is 1. The molecule has 0 bridgehead atoms. The molecule has 0 radical (unpaired) electrons. The van der Waals surface area contributed by atoms with E-state index in [1.165, 1.54) is 4.31 Å². The maximum Gasteiger partial charge on any atom is 0.303 e. The van der Waals surface area contributed by atoms with Crippen LogP contribution in [0, 0.1) is 13.8 Å². The number of aryl methyl sites for hydroxylation is 2. The number of carboxylic acid groups (broad SMARTS) is 1. The van der Waals surface area contributed by atoms with Crippen molar-refractivity contribution < 1.29 is 27.9 Å². The van der Waals surface area contributed by atoms with Crippen LogP contribution in [0.15, 0.2) is 28.7 Å². The topological polar surface area (TPSA) is 133 Å². The lowest BCUT2D eigenvalue weighted by atomic mass is 9.99. The Hall–Kier alpha value is -3.08. The highest BCUT2D eigenvalue weighted by Crippen LogP contribution is 2.44. The zero-order valence-electron chi connectivity index (χ0n) is 20.7. The van der Waals surface area contributed by atoms with E-state index in [1.54, 1.807) is 7.05 Å². The molecular formula is C26H31N3O6S. The minimum atomic E-state index is -2.24. The van der Waals surface area contributed by atoms with Crippen LogP contribution in [0.4, 0.5) is 0 Å². The number of rotatable bonds is 11. The van der Waals surface area contributed by atoms with Crippen molar-refractivity contribution in [3.63, 3.8) is 0 Å². The van der Waals surface area contributed by atoms with Crippen LogP contribution in [0.1, 0.15) is 70.8 Å². The lowest BCUT2D eigenvalue weighted by molar-refractivity contribution is -0.137. The Balaban J connectivity index is 1.76. The molecule has 1 unspecified atom stereocenters. The molecule has 2 heterocycles. The lowest BCUT2D eigenvalue weighted by Gasteiger charge is -2.18. The van der Waals surface area contributed by atoms with Crippen molar-refractivity contribution in [1.29, 1.82) is 0 Å². The first kappa shape index (κ1) is 26.0. The van der Waals surface area contributed by atoms with Gasteiger partial charge in [0.15, 0.2) is 0 Å². The summed E-state index contributed by atoms with van der Waals surface area (Å²) in [6.07, 6.45) is 2.87. The number of furan rings is 1. The number of fused-ring (bicyclic) bond motifs is 1. The summed E-state index contributed by atoms with van der Waals surface area (Å²) in [5.74, 6) is -0.445. The maximum absolute atomic E-state index is 13.0. The maximum atomic E-state index is 13.0. The quantitative estimate of drug-likeness (QED) is 0.253. The number of carbonyl (C=O) groups is 2. The zero-order valence-corrected chi connectivity index (χ0v) is 21.5. The van der Waals surface area contributed by atoms with Gasteiger partial charge in [0, 0.05) is 25.6 Å². The van der Waals surface area contributed by atoms with Gasteiger partial charge in [-0.05, 0) is 74.3 Å². The van der Waals surface area contributed by atoms with Crippen LogP contribution in [0.25, 0.3) is 22.4 Å². The van der Waals surface area contributed by atoms with E-state index in [0.717, 1.165) is 35.1 Å². The molecule has 9 nitrogen and oxygen atoms in total. The summed E-state index contributed by atoms with van der Waals surface area (Å²) in [5, 5.41) is 12.2. The van der Waals surface area contributed by atoms with Crippen molar-refractivity contribution in [3.05, 3.63) is 52.2 Å². The molecule has 2 aromatic heterocycles. The standard InChI is InChI=1S/C26H31N3O6S/c1-15-7-8-18(12-16(15)2)24-23(25(32)27-3)20-13-19(17-9-10-17)21(28-26(20)35-24)14-29(36(33)34)11-5-4-6-22(30)31/h7-8,12-13,17H,4-6,9-11,14H2,1-3H3,(H,27,32)(H,30,31)(H,33,34). The molecule has 1 amide bonds. The van der Waals surface area contributed by atoms with Gasteiger partial charge in [0.2, 0.25) is 17.0 Å². The average Bonchev–Trinajstić information content (AvgIpc) is 3.61. The van der Waals surface area contributed by atoms with Crippen molar-refractivity contribution in [3.8, 4) is 11.3 Å². The summed E-state index contributed by atoms with van der Waals surface area (Å²) in [6.45, 7) is 4.40. The van der Waals surface area contributed by atoms with Gasteiger partial charge in [0.1, 0.15) is 5.76 Å². The second-order valence-electron chi connectivity index (χ2n) is 9.28. The van der Waals surface area contributed by atoms with Crippen LogP contribution in [0.5, 0.6) is 0 Å². The number of amides is 1. The third-order valence-corrected chi connectivity index (χ3v) is 7.38. The van der Waals surface area contributed by atoms with Gasteiger partial charge >= 0.3 is 5.97 Å². The Bertz CT molecular complexity index is 1330.